The molecule has 0 radical (unpaired) electrons. The van der Waals surface area contributed by atoms with Gasteiger partial charge in [0.15, 0.2) is 0 Å². The van der Waals surface area contributed by atoms with Gasteiger partial charge in [0, 0.05) is 37.3 Å². The van der Waals surface area contributed by atoms with Crippen molar-refractivity contribution >= 4 is 11.6 Å². The summed E-state index contributed by atoms with van der Waals surface area (Å²) in [6.07, 6.45) is 6.35. The van der Waals surface area contributed by atoms with Crippen molar-refractivity contribution in [1.29, 1.82) is 0 Å². The van der Waals surface area contributed by atoms with Gasteiger partial charge in [-0.2, -0.15) is 0 Å². The van der Waals surface area contributed by atoms with Gasteiger partial charge in [0.25, 0.3) is 5.91 Å². The second-order valence-corrected chi connectivity index (χ2v) is 8.48. The molecule has 0 aliphatic carbocycles. The first-order chi connectivity index (χ1) is 15.3. The molecule has 1 amide bonds. The van der Waals surface area contributed by atoms with Crippen molar-refractivity contribution in [1.82, 2.24) is 14.9 Å². The van der Waals surface area contributed by atoms with Crippen LogP contribution in [0, 0.1) is 0 Å². The average Bonchev–Trinajstić information content (AvgIpc) is 3.55. The maximum Gasteiger partial charge on any atom is 0.272 e. The van der Waals surface area contributed by atoms with Gasteiger partial charge in [-0.05, 0) is 30.2 Å². The van der Waals surface area contributed by atoms with E-state index < -0.39 is 0 Å². The van der Waals surface area contributed by atoms with Crippen LogP contribution in [-0.4, -0.2) is 71.1 Å². The minimum Gasteiger partial charge on any atom is -0.474 e. The van der Waals surface area contributed by atoms with Gasteiger partial charge in [-0.1, -0.05) is 0 Å². The fourth-order valence-corrected chi connectivity index (χ4v) is 4.88. The van der Waals surface area contributed by atoms with E-state index in [1.165, 1.54) is 0 Å². The summed E-state index contributed by atoms with van der Waals surface area (Å²) >= 11 is 0. The number of amides is 1. The van der Waals surface area contributed by atoms with E-state index in [1.54, 1.807) is 12.4 Å². The number of fused-ring (bicyclic) bond motifs is 3. The highest BCUT2D eigenvalue weighted by molar-refractivity contribution is 6.17. The molecule has 6 rings (SSSR count). The summed E-state index contributed by atoms with van der Waals surface area (Å²) in [4.78, 5) is 28.6. The summed E-state index contributed by atoms with van der Waals surface area (Å²) < 4.78 is 17.3. The van der Waals surface area contributed by atoms with Crippen LogP contribution in [0.2, 0.25) is 0 Å². The van der Waals surface area contributed by atoms with Gasteiger partial charge in [-0.15, -0.1) is 0 Å². The lowest BCUT2D eigenvalue weighted by atomic mass is 10.0. The molecule has 4 aliphatic rings. The standard InChI is InChI=1S/C23H24N4O4/c28-23(27-12-18-10-16(27)13-30-18)19-9-14(1-5-24-19)21-20-15(11-26-21)2-6-25-22(20)31-17-3-7-29-8-4-17/h1-2,5-6,9,16-18H,3-4,7-8,10-13H2/t16-,18-/m0/s1. The molecule has 0 N–H and O–H groups in total. The highest BCUT2D eigenvalue weighted by Crippen LogP contribution is 2.32. The Morgan fingerprint density at radius 3 is 2.84 bits per heavy atom. The molecule has 8 nitrogen and oxygen atoms in total. The smallest absolute Gasteiger partial charge is 0.272 e. The monoisotopic (exact) mass is 420 g/mol. The minimum absolute atomic E-state index is 0.0404. The fraction of sp³-hybridized carbons (Fsp3) is 0.478. The number of likely N-dealkylation sites (tertiary alicyclic amines) is 1. The predicted octanol–water partition coefficient (Wildman–Crippen LogP) is 2.00. The Morgan fingerprint density at radius 2 is 2.03 bits per heavy atom. The van der Waals surface area contributed by atoms with Gasteiger partial charge in [0.1, 0.15) is 11.8 Å². The van der Waals surface area contributed by atoms with Crippen LogP contribution in [0.4, 0.5) is 0 Å². The third-order valence-electron chi connectivity index (χ3n) is 6.51. The quantitative estimate of drug-likeness (QED) is 0.752. The molecule has 6 heterocycles. The Hall–Kier alpha value is -2.84. The number of nitrogens with zero attached hydrogens (tertiary/aromatic N) is 4. The van der Waals surface area contributed by atoms with Crippen LogP contribution in [0.5, 0.6) is 5.88 Å². The Morgan fingerprint density at radius 1 is 1.16 bits per heavy atom. The van der Waals surface area contributed by atoms with E-state index in [2.05, 4.69) is 9.97 Å². The summed E-state index contributed by atoms with van der Waals surface area (Å²) in [6, 6.07) is 5.89. The van der Waals surface area contributed by atoms with Crippen LogP contribution >= 0.6 is 0 Å². The number of aromatic nitrogens is 2. The maximum absolute atomic E-state index is 13.1. The summed E-state index contributed by atoms with van der Waals surface area (Å²) in [6.45, 7) is 3.26. The number of hydrogen-bond donors (Lipinski definition) is 0. The number of ether oxygens (including phenoxy) is 3. The van der Waals surface area contributed by atoms with Gasteiger partial charge in [0.05, 0.1) is 49.8 Å². The molecule has 4 aliphatic heterocycles. The average molecular weight is 420 g/mol. The number of aliphatic imine (C=N–C) groups is 1. The predicted molar refractivity (Wildman–Crippen MR) is 111 cm³/mol. The molecule has 0 spiro atoms. The molecule has 31 heavy (non-hydrogen) atoms. The lowest BCUT2D eigenvalue weighted by Crippen LogP contribution is -2.41. The number of carbonyl (C=O) groups excluding carboxylic acids is 1. The lowest BCUT2D eigenvalue weighted by molar-refractivity contribution is 0.0236. The molecule has 2 bridgehead atoms. The second kappa shape index (κ2) is 7.69. The third kappa shape index (κ3) is 3.40. The Bertz CT molecular complexity index is 1050. The summed E-state index contributed by atoms with van der Waals surface area (Å²) in [5.41, 5.74) is 4.13. The first kappa shape index (κ1) is 18.9. The molecule has 0 unspecified atom stereocenters. The zero-order valence-electron chi connectivity index (χ0n) is 17.2. The number of carbonyl (C=O) groups is 1. The van der Waals surface area contributed by atoms with E-state index in [0.29, 0.717) is 44.5 Å². The normalized spacial score (nSPS) is 24.9. The van der Waals surface area contributed by atoms with Crippen LogP contribution in [0.25, 0.3) is 0 Å². The number of rotatable bonds is 4. The molecule has 0 saturated carbocycles. The van der Waals surface area contributed by atoms with Crippen molar-refractivity contribution in [2.75, 3.05) is 26.4 Å². The van der Waals surface area contributed by atoms with Crippen LogP contribution in [0.15, 0.2) is 35.6 Å². The van der Waals surface area contributed by atoms with Crippen LogP contribution in [0.1, 0.15) is 46.4 Å². The minimum atomic E-state index is -0.0404. The van der Waals surface area contributed by atoms with E-state index in [9.17, 15) is 4.79 Å². The Labute approximate surface area is 180 Å². The van der Waals surface area contributed by atoms with Crippen molar-refractivity contribution in [3.05, 3.63) is 53.0 Å². The highest BCUT2D eigenvalue weighted by Gasteiger charge is 2.42. The SMILES string of the molecule is O=C(c1cc(C2=NCc3ccnc(OC4CCOCC4)c32)ccn1)N1C[C@@H]2C[C@H]1CO2. The number of pyridine rings is 2. The van der Waals surface area contributed by atoms with Crippen molar-refractivity contribution in [3.63, 3.8) is 0 Å². The number of morpholine rings is 1. The third-order valence-corrected chi connectivity index (χ3v) is 6.51. The van der Waals surface area contributed by atoms with E-state index in [4.69, 9.17) is 19.2 Å². The van der Waals surface area contributed by atoms with Crippen molar-refractivity contribution in [2.24, 2.45) is 4.99 Å². The molecular formula is C23H24N4O4. The molecule has 160 valence electrons. The molecule has 3 fully saturated rings. The Balaban J connectivity index is 1.29. The van der Waals surface area contributed by atoms with Crippen LogP contribution in [0.3, 0.4) is 0 Å². The van der Waals surface area contributed by atoms with Crippen LogP contribution in [-0.2, 0) is 16.0 Å². The second-order valence-electron chi connectivity index (χ2n) is 8.48. The highest BCUT2D eigenvalue weighted by atomic mass is 16.5. The van der Waals surface area contributed by atoms with E-state index in [-0.39, 0.29) is 24.2 Å². The molecule has 2 aromatic rings. The zero-order valence-corrected chi connectivity index (χ0v) is 17.2. The van der Waals surface area contributed by atoms with Gasteiger partial charge in [-0.25, -0.2) is 4.98 Å². The Kier molecular flexibility index (Phi) is 4.69. The van der Waals surface area contributed by atoms with Gasteiger partial charge in [0.2, 0.25) is 5.88 Å². The fourth-order valence-electron chi connectivity index (χ4n) is 4.88. The molecule has 8 heteroatoms. The molecule has 0 aromatic carbocycles. The van der Waals surface area contributed by atoms with Crippen molar-refractivity contribution in [3.8, 4) is 5.88 Å². The molecular weight excluding hydrogens is 396 g/mol. The maximum atomic E-state index is 13.1. The number of hydrogen-bond acceptors (Lipinski definition) is 7. The first-order valence-corrected chi connectivity index (χ1v) is 10.9. The summed E-state index contributed by atoms with van der Waals surface area (Å²) in [7, 11) is 0. The van der Waals surface area contributed by atoms with Gasteiger partial charge < -0.3 is 19.1 Å². The largest absolute Gasteiger partial charge is 0.474 e. The van der Waals surface area contributed by atoms with Gasteiger partial charge >= 0.3 is 0 Å². The topological polar surface area (TPSA) is 86.1 Å². The lowest BCUT2D eigenvalue weighted by Gasteiger charge is -2.26. The first-order valence-electron chi connectivity index (χ1n) is 10.9. The zero-order chi connectivity index (χ0) is 20.8. The molecule has 2 atom stereocenters. The molecule has 2 aromatic heterocycles. The van der Waals surface area contributed by atoms with Gasteiger partial charge in [-0.3, -0.25) is 14.8 Å². The summed E-state index contributed by atoms with van der Waals surface area (Å²) in [5.74, 6) is 0.570. The van der Waals surface area contributed by atoms with Crippen LogP contribution < -0.4 is 4.74 Å². The van der Waals surface area contributed by atoms with E-state index in [0.717, 1.165) is 41.7 Å². The van der Waals surface area contributed by atoms with E-state index >= 15 is 0 Å². The van der Waals surface area contributed by atoms with Crippen molar-refractivity contribution in [2.45, 2.75) is 44.1 Å². The molecule has 3 saturated heterocycles. The summed E-state index contributed by atoms with van der Waals surface area (Å²) in [5, 5.41) is 0. The van der Waals surface area contributed by atoms with Crippen molar-refractivity contribution < 1.29 is 19.0 Å². The van der Waals surface area contributed by atoms with E-state index in [1.807, 2.05) is 23.1 Å².